The molecule has 0 saturated heterocycles. The summed E-state index contributed by atoms with van der Waals surface area (Å²) in [6.45, 7) is 2.52. The van der Waals surface area contributed by atoms with Crippen LogP contribution in [-0.2, 0) is 11.2 Å². The second kappa shape index (κ2) is 7.47. The Morgan fingerprint density at radius 1 is 1.08 bits per heavy atom. The Bertz CT molecular complexity index is 825. The van der Waals surface area contributed by atoms with Crippen molar-refractivity contribution in [3.8, 4) is 11.5 Å². The lowest BCUT2D eigenvalue weighted by molar-refractivity contribution is -0.118. The van der Waals surface area contributed by atoms with Crippen LogP contribution in [0.25, 0.3) is 0 Å². The molecule has 0 aliphatic carbocycles. The number of benzene rings is 2. The predicted molar refractivity (Wildman–Crippen MR) is 100 cm³/mol. The van der Waals surface area contributed by atoms with Crippen molar-refractivity contribution in [1.82, 2.24) is 0 Å². The van der Waals surface area contributed by atoms with E-state index in [0.717, 1.165) is 17.7 Å². The van der Waals surface area contributed by atoms with Crippen LogP contribution < -0.4 is 19.7 Å². The third kappa shape index (κ3) is 3.49. The van der Waals surface area contributed by atoms with Crippen molar-refractivity contribution >= 4 is 23.2 Å². The lowest BCUT2D eigenvalue weighted by Gasteiger charge is -2.16. The number of hydrogen-bond donors (Lipinski definition) is 1. The van der Waals surface area contributed by atoms with Crippen LogP contribution in [0.4, 0.5) is 11.4 Å². The molecule has 1 aliphatic heterocycles. The van der Waals surface area contributed by atoms with Crippen molar-refractivity contribution in [2.45, 2.75) is 19.8 Å². The first-order valence-corrected chi connectivity index (χ1v) is 8.53. The first-order valence-electron chi connectivity index (χ1n) is 8.53. The topological polar surface area (TPSA) is 67.9 Å². The first-order chi connectivity index (χ1) is 12.5. The Morgan fingerprint density at radius 2 is 1.77 bits per heavy atom. The first kappa shape index (κ1) is 17.8. The summed E-state index contributed by atoms with van der Waals surface area (Å²) in [5.74, 6) is 1.08. The van der Waals surface area contributed by atoms with Crippen LogP contribution in [0.5, 0.6) is 11.5 Å². The molecule has 26 heavy (non-hydrogen) atoms. The largest absolute Gasteiger partial charge is 0.497 e. The summed E-state index contributed by atoms with van der Waals surface area (Å²) in [4.78, 5) is 26.4. The van der Waals surface area contributed by atoms with Crippen LogP contribution in [-0.4, -0.2) is 32.6 Å². The van der Waals surface area contributed by atoms with Crippen LogP contribution in [0.15, 0.2) is 36.4 Å². The van der Waals surface area contributed by atoms with Gasteiger partial charge in [-0.05, 0) is 30.2 Å². The Labute approximate surface area is 152 Å². The predicted octanol–water partition coefficient (Wildman–Crippen LogP) is 3.26. The molecular formula is C20H22N2O4. The molecular weight excluding hydrogens is 332 g/mol. The van der Waals surface area contributed by atoms with E-state index in [4.69, 9.17) is 9.47 Å². The van der Waals surface area contributed by atoms with E-state index in [2.05, 4.69) is 5.32 Å². The van der Waals surface area contributed by atoms with E-state index in [1.54, 1.807) is 43.4 Å². The Kier molecular flexibility index (Phi) is 5.11. The Morgan fingerprint density at radius 3 is 2.38 bits per heavy atom. The maximum Gasteiger partial charge on any atom is 0.255 e. The van der Waals surface area contributed by atoms with Gasteiger partial charge in [-0.3, -0.25) is 9.59 Å². The molecule has 0 spiro atoms. The SMILES string of the molecule is CCC(=O)N1CCc2cc(C(=O)Nc3cc(OC)cc(OC)c3)ccc21. The number of amides is 2. The third-order valence-electron chi connectivity index (χ3n) is 4.45. The third-order valence-corrected chi connectivity index (χ3v) is 4.45. The molecule has 0 fully saturated rings. The number of anilines is 2. The van der Waals surface area contributed by atoms with E-state index in [9.17, 15) is 9.59 Å². The second-order valence-electron chi connectivity index (χ2n) is 6.05. The minimum absolute atomic E-state index is 0.101. The lowest BCUT2D eigenvalue weighted by Crippen LogP contribution is -2.27. The molecule has 0 radical (unpaired) electrons. The average molecular weight is 354 g/mol. The zero-order valence-corrected chi connectivity index (χ0v) is 15.2. The summed E-state index contributed by atoms with van der Waals surface area (Å²) in [5, 5.41) is 2.86. The van der Waals surface area contributed by atoms with Crippen molar-refractivity contribution in [2.24, 2.45) is 0 Å². The van der Waals surface area contributed by atoms with E-state index >= 15 is 0 Å². The molecule has 0 saturated carbocycles. The van der Waals surface area contributed by atoms with Gasteiger partial charge in [-0.25, -0.2) is 0 Å². The molecule has 1 N–H and O–H groups in total. The molecule has 136 valence electrons. The van der Waals surface area contributed by atoms with Crippen LogP contribution in [0, 0.1) is 0 Å². The standard InChI is InChI=1S/C20H22N2O4/c1-4-19(23)22-8-7-13-9-14(5-6-18(13)22)20(24)21-15-10-16(25-2)12-17(11-15)26-3/h5-6,9-12H,4,7-8H2,1-3H3,(H,21,24). The molecule has 3 rings (SSSR count). The zero-order chi connectivity index (χ0) is 18.7. The summed E-state index contributed by atoms with van der Waals surface area (Å²) in [7, 11) is 3.12. The van der Waals surface area contributed by atoms with Gasteiger partial charge in [0.15, 0.2) is 0 Å². The van der Waals surface area contributed by atoms with Crippen molar-refractivity contribution in [3.05, 3.63) is 47.5 Å². The molecule has 2 aromatic carbocycles. The molecule has 0 unspecified atom stereocenters. The summed E-state index contributed by atoms with van der Waals surface area (Å²) in [6.07, 6.45) is 1.23. The van der Waals surface area contributed by atoms with Gasteiger partial charge < -0.3 is 19.7 Å². The van der Waals surface area contributed by atoms with Crippen molar-refractivity contribution in [3.63, 3.8) is 0 Å². The average Bonchev–Trinajstić information content (AvgIpc) is 3.10. The van der Waals surface area contributed by atoms with E-state index < -0.39 is 0 Å². The van der Waals surface area contributed by atoms with Gasteiger partial charge in [0, 0.05) is 48.1 Å². The van der Waals surface area contributed by atoms with Crippen LogP contribution >= 0.6 is 0 Å². The molecule has 0 atom stereocenters. The smallest absolute Gasteiger partial charge is 0.255 e. The van der Waals surface area contributed by atoms with Gasteiger partial charge in [0.1, 0.15) is 11.5 Å². The summed E-state index contributed by atoms with van der Waals surface area (Å²) >= 11 is 0. The van der Waals surface area contributed by atoms with Crippen LogP contribution in [0.3, 0.4) is 0 Å². The number of nitrogens with one attached hydrogen (secondary N) is 1. The van der Waals surface area contributed by atoms with Gasteiger partial charge in [0.2, 0.25) is 5.91 Å². The zero-order valence-electron chi connectivity index (χ0n) is 15.2. The highest BCUT2D eigenvalue weighted by Crippen LogP contribution is 2.30. The van der Waals surface area contributed by atoms with Gasteiger partial charge in [0.05, 0.1) is 14.2 Å². The summed E-state index contributed by atoms with van der Waals surface area (Å²) in [5.41, 5.74) is 3.06. The fraction of sp³-hybridized carbons (Fsp3) is 0.300. The van der Waals surface area contributed by atoms with Gasteiger partial charge in [-0.1, -0.05) is 6.92 Å². The number of methoxy groups -OCH3 is 2. The summed E-state index contributed by atoms with van der Waals surface area (Å²) < 4.78 is 10.4. The molecule has 6 nitrogen and oxygen atoms in total. The molecule has 2 amide bonds. The van der Waals surface area contributed by atoms with Gasteiger partial charge in [-0.15, -0.1) is 0 Å². The maximum absolute atomic E-state index is 12.6. The second-order valence-corrected chi connectivity index (χ2v) is 6.05. The highest BCUT2D eigenvalue weighted by atomic mass is 16.5. The van der Waals surface area contributed by atoms with E-state index in [0.29, 0.717) is 35.7 Å². The molecule has 2 aromatic rings. The van der Waals surface area contributed by atoms with Crippen LogP contribution in [0.1, 0.15) is 29.3 Å². The van der Waals surface area contributed by atoms with Crippen molar-refractivity contribution in [1.29, 1.82) is 0 Å². The number of carbonyl (C=O) groups is 2. The monoisotopic (exact) mass is 354 g/mol. The Balaban J connectivity index is 1.80. The number of nitrogens with zero attached hydrogens (tertiary/aromatic N) is 1. The van der Waals surface area contributed by atoms with Gasteiger partial charge >= 0.3 is 0 Å². The van der Waals surface area contributed by atoms with E-state index in [1.807, 2.05) is 19.1 Å². The van der Waals surface area contributed by atoms with Crippen molar-refractivity contribution < 1.29 is 19.1 Å². The number of rotatable bonds is 5. The highest BCUT2D eigenvalue weighted by molar-refractivity contribution is 6.05. The van der Waals surface area contributed by atoms with Gasteiger partial charge in [-0.2, -0.15) is 0 Å². The lowest BCUT2D eigenvalue weighted by atomic mass is 10.1. The molecule has 1 heterocycles. The normalized spacial score (nSPS) is 12.5. The van der Waals surface area contributed by atoms with Crippen molar-refractivity contribution in [2.75, 3.05) is 31.0 Å². The van der Waals surface area contributed by atoms with Crippen LogP contribution in [0.2, 0.25) is 0 Å². The van der Waals surface area contributed by atoms with E-state index in [1.165, 1.54) is 0 Å². The summed E-state index contributed by atoms with van der Waals surface area (Å²) in [6, 6.07) is 10.6. The number of ether oxygens (including phenoxy) is 2. The number of carbonyl (C=O) groups excluding carboxylic acids is 2. The highest BCUT2D eigenvalue weighted by Gasteiger charge is 2.24. The molecule has 1 aliphatic rings. The fourth-order valence-corrected chi connectivity index (χ4v) is 3.08. The number of hydrogen-bond acceptors (Lipinski definition) is 4. The molecule has 0 aromatic heterocycles. The van der Waals surface area contributed by atoms with Gasteiger partial charge in [0.25, 0.3) is 5.91 Å². The fourth-order valence-electron chi connectivity index (χ4n) is 3.08. The molecule has 0 bridgehead atoms. The minimum Gasteiger partial charge on any atom is -0.497 e. The number of fused-ring (bicyclic) bond motifs is 1. The Hall–Kier alpha value is -3.02. The van der Waals surface area contributed by atoms with E-state index in [-0.39, 0.29) is 11.8 Å². The quantitative estimate of drug-likeness (QED) is 0.895. The minimum atomic E-state index is -0.219. The molecule has 6 heteroatoms. The maximum atomic E-state index is 12.6.